The summed E-state index contributed by atoms with van der Waals surface area (Å²) in [4.78, 5) is 36.1. The molecule has 0 unspecified atom stereocenters. The van der Waals surface area contributed by atoms with Crippen LogP contribution in [0.1, 0.15) is 23.2 Å². The fraction of sp³-hybridized carbons (Fsp3) is 0.471. The van der Waals surface area contributed by atoms with Crippen LogP contribution in [0, 0.1) is 11.8 Å². The molecule has 2 rings (SSSR count). The topological polar surface area (TPSA) is 83.9 Å². The van der Waals surface area contributed by atoms with E-state index in [-0.39, 0.29) is 18.6 Å². The smallest absolute Gasteiger partial charge is 0.394 e. The van der Waals surface area contributed by atoms with Gasteiger partial charge in [-0.05, 0) is 24.3 Å². The van der Waals surface area contributed by atoms with E-state index in [4.69, 9.17) is 9.84 Å². The fourth-order valence-corrected chi connectivity index (χ4v) is 2.89. The van der Waals surface area contributed by atoms with Gasteiger partial charge in [-0.25, -0.2) is 0 Å². The van der Waals surface area contributed by atoms with E-state index in [0.717, 1.165) is 4.90 Å². The number of amides is 1. The number of aliphatic carboxylic acids is 1. The normalized spacial score (nSPS) is 20.1. The Morgan fingerprint density at radius 2 is 1.77 bits per heavy atom. The number of carboxylic acid groups (broad SMARTS) is 1. The van der Waals surface area contributed by atoms with Crippen molar-refractivity contribution in [1.82, 2.24) is 4.90 Å². The number of nitrogens with zero attached hydrogens (tertiary/aromatic N) is 1. The number of carboxylic acids is 1. The van der Waals surface area contributed by atoms with E-state index in [2.05, 4.69) is 0 Å². The van der Waals surface area contributed by atoms with Crippen molar-refractivity contribution in [1.29, 1.82) is 0 Å². The zero-order valence-corrected chi connectivity index (χ0v) is 14.0. The average molecular weight is 373 g/mol. The monoisotopic (exact) mass is 373 g/mol. The van der Waals surface area contributed by atoms with Crippen molar-refractivity contribution in [2.45, 2.75) is 19.0 Å². The fourth-order valence-electron chi connectivity index (χ4n) is 2.89. The van der Waals surface area contributed by atoms with E-state index in [1.165, 1.54) is 19.2 Å². The van der Waals surface area contributed by atoms with Gasteiger partial charge in [-0.15, -0.1) is 0 Å². The number of benzene rings is 1. The maximum atomic E-state index is 12.9. The Labute approximate surface area is 147 Å². The van der Waals surface area contributed by atoms with Gasteiger partial charge in [0.25, 0.3) is 0 Å². The van der Waals surface area contributed by atoms with Gasteiger partial charge in [0.15, 0.2) is 5.78 Å². The van der Waals surface area contributed by atoms with Crippen molar-refractivity contribution in [3.8, 4) is 5.75 Å². The molecule has 6 nitrogen and oxygen atoms in total. The van der Waals surface area contributed by atoms with Crippen molar-refractivity contribution in [2.75, 3.05) is 20.2 Å². The van der Waals surface area contributed by atoms with E-state index in [0.29, 0.717) is 11.3 Å². The van der Waals surface area contributed by atoms with Crippen LogP contribution in [-0.2, 0) is 9.59 Å². The summed E-state index contributed by atoms with van der Waals surface area (Å²) in [6, 6.07) is 6.23. The summed E-state index contributed by atoms with van der Waals surface area (Å²) in [6.07, 6.45) is -5.14. The van der Waals surface area contributed by atoms with Crippen LogP contribution in [0.15, 0.2) is 24.3 Å². The summed E-state index contributed by atoms with van der Waals surface area (Å²) in [5.74, 6) is -5.80. The van der Waals surface area contributed by atoms with Crippen LogP contribution in [0.5, 0.6) is 5.75 Å². The van der Waals surface area contributed by atoms with Crippen LogP contribution in [-0.4, -0.2) is 54.0 Å². The zero-order chi connectivity index (χ0) is 19.5. The van der Waals surface area contributed by atoms with Gasteiger partial charge in [0, 0.05) is 31.5 Å². The Kier molecular flexibility index (Phi) is 5.89. The van der Waals surface area contributed by atoms with Gasteiger partial charge in [0.05, 0.1) is 18.9 Å². The van der Waals surface area contributed by atoms with Gasteiger partial charge >= 0.3 is 12.1 Å². The highest BCUT2D eigenvalue weighted by Crippen LogP contribution is 2.38. The molecule has 26 heavy (non-hydrogen) atoms. The van der Waals surface area contributed by atoms with Crippen LogP contribution in [0.3, 0.4) is 0 Å². The lowest BCUT2D eigenvalue weighted by atomic mass is 9.96. The molecule has 0 aromatic heterocycles. The Morgan fingerprint density at radius 3 is 2.23 bits per heavy atom. The summed E-state index contributed by atoms with van der Waals surface area (Å²) >= 11 is 0. The van der Waals surface area contributed by atoms with Gasteiger partial charge in [0.1, 0.15) is 5.75 Å². The van der Waals surface area contributed by atoms with Crippen LogP contribution < -0.4 is 4.74 Å². The van der Waals surface area contributed by atoms with E-state index >= 15 is 0 Å². The van der Waals surface area contributed by atoms with Gasteiger partial charge < -0.3 is 14.7 Å². The molecule has 1 aliphatic heterocycles. The molecule has 1 fully saturated rings. The predicted molar refractivity (Wildman–Crippen MR) is 83.8 cm³/mol. The summed E-state index contributed by atoms with van der Waals surface area (Å²) < 4.78 is 43.8. The number of Topliss-reactive ketones (excluding diaryl/α,β-unsaturated/α-hetero) is 1. The number of ether oxygens (including phenoxy) is 1. The molecule has 9 heteroatoms. The third kappa shape index (κ3) is 4.53. The molecule has 142 valence electrons. The minimum atomic E-state index is -4.70. The number of ketones is 1. The summed E-state index contributed by atoms with van der Waals surface area (Å²) in [5, 5.41) is 8.95. The molecule has 0 bridgehead atoms. The highest BCUT2D eigenvalue weighted by molar-refractivity contribution is 5.98. The number of methoxy groups -OCH3 is 1. The first-order chi connectivity index (χ1) is 12.1. The van der Waals surface area contributed by atoms with Crippen LogP contribution in [0.2, 0.25) is 0 Å². The first kappa shape index (κ1) is 19.7. The van der Waals surface area contributed by atoms with E-state index in [1.54, 1.807) is 12.1 Å². The summed E-state index contributed by atoms with van der Waals surface area (Å²) in [5.41, 5.74) is 0.358. The van der Waals surface area contributed by atoms with E-state index < -0.39 is 43.0 Å². The Morgan fingerprint density at radius 1 is 1.15 bits per heavy atom. The van der Waals surface area contributed by atoms with Gasteiger partial charge in [0.2, 0.25) is 5.91 Å². The van der Waals surface area contributed by atoms with Crippen molar-refractivity contribution in [3.63, 3.8) is 0 Å². The molecule has 0 spiro atoms. The third-order valence-electron chi connectivity index (χ3n) is 4.39. The lowest BCUT2D eigenvalue weighted by Crippen LogP contribution is -2.34. The molecule has 2 atom stereocenters. The van der Waals surface area contributed by atoms with Crippen molar-refractivity contribution in [3.05, 3.63) is 29.8 Å². The minimum absolute atomic E-state index is 0.171. The molecule has 1 amide bonds. The number of rotatable bonds is 6. The number of likely N-dealkylation sites (tertiary alicyclic amines) is 1. The van der Waals surface area contributed by atoms with E-state index in [1.807, 2.05) is 0 Å². The Balaban J connectivity index is 1.95. The molecular formula is C17H18F3NO5. The second-order valence-corrected chi connectivity index (χ2v) is 6.04. The predicted octanol–water partition coefficient (Wildman–Crippen LogP) is 2.38. The highest BCUT2D eigenvalue weighted by atomic mass is 19.4. The first-order valence-corrected chi connectivity index (χ1v) is 7.88. The maximum Gasteiger partial charge on any atom is 0.394 e. The van der Waals surface area contributed by atoms with Crippen LogP contribution >= 0.6 is 0 Å². The molecule has 0 radical (unpaired) electrons. The Hall–Kier alpha value is -2.58. The SMILES string of the molecule is COc1ccc(C(=O)CCC(=O)N2C[C@@H](C(F)(F)F)[C@H](C(=O)O)C2)cc1. The summed E-state index contributed by atoms with van der Waals surface area (Å²) in [6.45, 7) is -1.20. The molecule has 1 aromatic rings. The van der Waals surface area contributed by atoms with Gasteiger partial charge in [-0.1, -0.05) is 0 Å². The molecule has 1 heterocycles. The minimum Gasteiger partial charge on any atom is -0.497 e. The molecule has 1 N–H and O–H groups in total. The molecule has 1 saturated heterocycles. The quantitative estimate of drug-likeness (QED) is 0.774. The number of halogens is 3. The molecular weight excluding hydrogens is 355 g/mol. The van der Waals surface area contributed by atoms with Crippen molar-refractivity contribution >= 4 is 17.7 Å². The van der Waals surface area contributed by atoms with Crippen molar-refractivity contribution < 1.29 is 37.4 Å². The van der Waals surface area contributed by atoms with Crippen molar-refractivity contribution in [2.24, 2.45) is 11.8 Å². The standard InChI is InChI=1S/C17H18F3NO5/c1-26-11-4-2-10(3-5-11)14(22)6-7-15(23)21-8-12(16(24)25)13(9-21)17(18,19)20/h2-5,12-13H,6-9H2,1H3,(H,24,25)/t12-,13-/m1/s1. The average Bonchev–Trinajstić information content (AvgIpc) is 3.05. The van der Waals surface area contributed by atoms with Crippen LogP contribution in [0.25, 0.3) is 0 Å². The lowest BCUT2D eigenvalue weighted by Gasteiger charge is -2.18. The second-order valence-electron chi connectivity index (χ2n) is 6.04. The Bertz CT molecular complexity index is 687. The van der Waals surface area contributed by atoms with Gasteiger partial charge in [-0.2, -0.15) is 13.2 Å². The largest absolute Gasteiger partial charge is 0.497 e. The van der Waals surface area contributed by atoms with Crippen LogP contribution in [0.4, 0.5) is 13.2 Å². The first-order valence-electron chi connectivity index (χ1n) is 7.88. The molecule has 1 aromatic carbocycles. The lowest BCUT2D eigenvalue weighted by molar-refractivity contribution is -0.188. The molecule has 1 aliphatic rings. The summed E-state index contributed by atoms with van der Waals surface area (Å²) in [7, 11) is 1.48. The number of hydrogen-bond acceptors (Lipinski definition) is 4. The number of carbonyl (C=O) groups is 3. The molecule has 0 saturated carbocycles. The maximum absolute atomic E-state index is 12.9. The number of hydrogen-bond donors (Lipinski definition) is 1. The number of carbonyl (C=O) groups excluding carboxylic acids is 2. The van der Waals surface area contributed by atoms with E-state index in [9.17, 15) is 27.6 Å². The second kappa shape index (κ2) is 7.76. The third-order valence-corrected chi connectivity index (χ3v) is 4.39. The zero-order valence-electron chi connectivity index (χ0n) is 14.0. The molecule has 0 aliphatic carbocycles. The number of alkyl halides is 3. The van der Waals surface area contributed by atoms with Gasteiger partial charge in [-0.3, -0.25) is 14.4 Å². The highest BCUT2D eigenvalue weighted by Gasteiger charge is 2.53.